The Morgan fingerprint density at radius 3 is 2.90 bits per heavy atom. The topological polar surface area (TPSA) is 54.9 Å². The van der Waals surface area contributed by atoms with Gasteiger partial charge in [-0.15, -0.1) is 12.6 Å². The van der Waals surface area contributed by atoms with Gasteiger partial charge in [-0.25, -0.2) is 0 Å². The zero-order valence-electron chi connectivity index (χ0n) is 11.2. The zero-order valence-corrected chi connectivity index (χ0v) is 12.0. The highest BCUT2D eigenvalue weighted by Crippen LogP contribution is 2.20. The molecule has 0 aliphatic carbocycles. The van der Waals surface area contributed by atoms with Gasteiger partial charge < -0.3 is 5.32 Å². The van der Waals surface area contributed by atoms with Crippen LogP contribution in [0.1, 0.15) is 15.9 Å². The second-order valence-corrected chi connectivity index (χ2v) is 5.10. The number of aromatic nitrogens is 2. The third kappa shape index (κ3) is 3.03. The number of fused-ring (bicyclic) bond motifs is 1. The van der Waals surface area contributed by atoms with Crippen molar-refractivity contribution in [2.24, 2.45) is 0 Å². The summed E-state index contributed by atoms with van der Waals surface area (Å²) in [5.41, 5.74) is 2.28. The fourth-order valence-corrected chi connectivity index (χ4v) is 2.33. The molecule has 0 aliphatic heterocycles. The van der Waals surface area contributed by atoms with Crippen molar-refractivity contribution in [2.45, 2.75) is 11.4 Å². The fourth-order valence-electron chi connectivity index (χ4n) is 2.06. The zero-order chi connectivity index (χ0) is 14.7. The molecule has 3 rings (SSSR count). The first-order chi connectivity index (χ1) is 10.2. The molecule has 5 heteroatoms. The molecule has 104 valence electrons. The number of para-hydroxylation sites is 1. The first-order valence-corrected chi connectivity index (χ1v) is 6.93. The summed E-state index contributed by atoms with van der Waals surface area (Å²) in [6.07, 6.45) is 5.00. The first-order valence-electron chi connectivity index (χ1n) is 6.49. The van der Waals surface area contributed by atoms with Crippen LogP contribution in [0, 0.1) is 0 Å². The van der Waals surface area contributed by atoms with Gasteiger partial charge in [-0.1, -0.05) is 18.2 Å². The predicted octanol–water partition coefficient (Wildman–Crippen LogP) is 2.85. The summed E-state index contributed by atoms with van der Waals surface area (Å²) in [5, 5.41) is 3.76. The number of carbonyl (C=O) groups excluding carboxylic acids is 1. The summed E-state index contributed by atoms with van der Waals surface area (Å²) in [6, 6.07) is 11.3. The summed E-state index contributed by atoms with van der Waals surface area (Å²) in [5.74, 6) is -0.155. The van der Waals surface area contributed by atoms with Gasteiger partial charge in [-0.2, -0.15) is 0 Å². The van der Waals surface area contributed by atoms with E-state index in [0.29, 0.717) is 12.1 Å². The maximum atomic E-state index is 12.2. The van der Waals surface area contributed by atoms with Crippen LogP contribution in [0.25, 0.3) is 10.9 Å². The highest BCUT2D eigenvalue weighted by molar-refractivity contribution is 7.80. The number of amides is 1. The largest absolute Gasteiger partial charge is 0.348 e. The number of nitrogens with one attached hydrogen (secondary N) is 1. The quantitative estimate of drug-likeness (QED) is 0.731. The number of hydrogen-bond acceptors (Lipinski definition) is 4. The number of benzene rings is 1. The molecule has 21 heavy (non-hydrogen) atoms. The molecular weight excluding hydrogens is 282 g/mol. The van der Waals surface area contributed by atoms with Gasteiger partial charge in [0.05, 0.1) is 11.1 Å². The summed E-state index contributed by atoms with van der Waals surface area (Å²) in [6.45, 7) is 0.442. The van der Waals surface area contributed by atoms with E-state index in [1.54, 1.807) is 18.6 Å². The van der Waals surface area contributed by atoms with E-state index in [9.17, 15) is 4.79 Å². The van der Waals surface area contributed by atoms with Crippen molar-refractivity contribution in [1.29, 1.82) is 0 Å². The van der Waals surface area contributed by atoms with E-state index in [4.69, 9.17) is 0 Å². The molecule has 0 fully saturated rings. The average Bonchev–Trinajstić information content (AvgIpc) is 2.53. The lowest BCUT2D eigenvalue weighted by atomic mass is 10.1. The molecular formula is C16H13N3OS. The molecule has 1 amide bonds. The van der Waals surface area contributed by atoms with Crippen molar-refractivity contribution in [3.8, 4) is 0 Å². The third-order valence-corrected chi connectivity index (χ3v) is 3.49. The molecule has 0 spiro atoms. The Kier molecular flexibility index (Phi) is 3.83. The Hall–Kier alpha value is -2.40. The lowest BCUT2D eigenvalue weighted by molar-refractivity contribution is 0.0950. The molecule has 1 aromatic carbocycles. The molecule has 0 atom stereocenters. The molecule has 0 saturated heterocycles. The van der Waals surface area contributed by atoms with Gasteiger partial charge in [0, 0.05) is 35.4 Å². The highest BCUT2D eigenvalue weighted by Gasteiger charge is 2.08. The van der Waals surface area contributed by atoms with Crippen LogP contribution in [-0.4, -0.2) is 15.9 Å². The van der Waals surface area contributed by atoms with Crippen LogP contribution in [0.15, 0.2) is 59.9 Å². The summed E-state index contributed by atoms with van der Waals surface area (Å²) >= 11 is 4.36. The summed E-state index contributed by atoms with van der Waals surface area (Å²) in [7, 11) is 0. The number of hydrogen-bond donors (Lipinski definition) is 2. The number of nitrogens with zero attached hydrogens (tertiary/aromatic N) is 2. The molecule has 0 saturated carbocycles. The van der Waals surface area contributed by atoms with Gasteiger partial charge in [-0.3, -0.25) is 14.8 Å². The van der Waals surface area contributed by atoms with Crippen LogP contribution in [0.3, 0.4) is 0 Å². The molecule has 0 radical (unpaired) electrons. The van der Waals surface area contributed by atoms with Gasteiger partial charge in [0.25, 0.3) is 5.91 Å². The van der Waals surface area contributed by atoms with Gasteiger partial charge in [0.1, 0.15) is 0 Å². The van der Waals surface area contributed by atoms with Crippen LogP contribution < -0.4 is 5.32 Å². The van der Waals surface area contributed by atoms with Crippen molar-refractivity contribution in [1.82, 2.24) is 15.3 Å². The molecule has 0 bridgehead atoms. The minimum atomic E-state index is -0.155. The van der Waals surface area contributed by atoms with Crippen molar-refractivity contribution < 1.29 is 4.79 Å². The van der Waals surface area contributed by atoms with Crippen LogP contribution >= 0.6 is 12.6 Å². The van der Waals surface area contributed by atoms with E-state index in [0.717, 1.165) is 21.4 Å². The van der Waals surface area contributed by atoms with E-state index < -0.39 is 0 Å². The summed E-state index contributed by atoms with van der Waals surface area (Å²) < 4.78 is 0. The molecule has 0 aliphatic rings. The maximum absolute atomic E-state index is 12.2. The van der Waals surface area contributed by atoms with E-state index in [2.05, 4.69) is 27.9 Å². The molecule has 4 nitrogen and oxygen atoms in total. The van der Waals surface area contributed by atoms with Gasteiger partial charge in [-0.05, 0) is 23.8 Å². The van der Waals surface area contributed by atoms with E-state index in [1.807, 2.05) is 36.4 Å². The molecule has 1 N–H and O–H groups in total. The predicted molar refractivity (Wildman–Crippen MR) is 84.4 cm³/mol. The van der Waals surface area contributed by atoms with Crippen molar-refractivity contribution in [2.75, 3.05) is 0 Å². The van der Waals surface area contributed by atoms with Crippen LogP contribution in [0.4, 0.5) is 0 Å². The summed E-state index contributed by atoms with van der Waals surface area (Å²) in [4.78, 5) is 21.3. The molecule has 0 unspecified atom stereocenters. The molecule has 3 aromatic rings. The van der Waals surface area contributed by atoms with Gasteiger partial charge in [0.15, 0.2) is 0 Å². The van der Waals surface area contributed by atoms with E-state index >= 15 is 0 Å². The Labute approximate surface area is 127 Å². The van der Waals surface area contributed by atoms with E-state index in [-0.39, 0.29) is 5.91 Å². The SMILES string of the molecule is O=C(NCc1cccnc1)c1cnc2c(S)cccc2c1. The Bertz CT molecular complexity index is 790. The second kappa shape index (κ2) is 5.93. The van der Waals surface area contributed by atoms with E-state index in [1.165, 1.54) is 0 Å². The molecule has 2 aromatic heterocycles. The van der Waals surface area contributed by atoms with Crippen molar-refractivity contribution in [3.05, 3.63) is 66.1 Å². The smallest absolute Gasteiger partial charge is 0.253 e. The van der Waals surface area contributed by atoms with Crippen LogP contribution in [0.2, 0.25) is 0 Å². The molecule has 2 heterocycles. The lowest BCUT2D eigenvalue weighted by Crippen LogP contribution is -2.22. The number of carbonyl (C=O) groups is 1. The average molecular weight is 295 g/mol. The minimum absolute atomic E-state index is 0.155. The van der Waals surface area contributed by atoms with Crippen LogP contribution in [-0.2, 0) is 6.54 Å². The third-order valence-electron chi connectivity index (χ3n) is 3.13. The number of pyridine rings is 2. The Morgan fingerprint density at radius 1 is 1.19 bits per heavy atom. The lowest BCUT2D eigenvalue weighted by Gasteiger charge is -2.06. The number of thiol groups is 1. The standard InChI is InChI=1S/C16H13N3OS/c20-16(19-9-11-3-2-6-17-8-11)13-7-12-4-1-5-14(21)15(12)18-10-13/h1-8,10,21H,9H2,(H,19,20). The monoisotopic (exact) mass is 295 g/mol. The highest BCUT2D eigenvalue weighted by atomic mass is 32.1. The van der Waals surface area contributed by atoms with Crippen LogP contribution in [0.5, 0.6) is 0 Å². The van der Waals surface area contributed by atoms with Crippen molar-refractivity contribution >= 4 is 29.4 Å². The first kappa shape index (κ1) is 13.6. The fraction of sp³-hybridized carbons (Fsp3) is 0.0625. The second-order valence-electron chi connectivity index (χ2n) is 4.62. The van der Waals surface area contributed by atoms with Crippen molar-refractivity contribution in [3.63, 3.8) is 0 Å². The normalized spacial score (nSPS) is 10.5. The Balaban J connectivity index is 1.79. The van der Waals surface area contributed by atoms with Gasteiger partial charge >= 0.3 is 0 Å². The number of rotatable bonds is 3. The Morgan fingerprint density at radius 2 is 2.10 bits per heavy atom. The minimum Gasteiger partial charge on any atom is -0.348 e. The maximum Gasteiger partial charge on any atom is 0.253 e. The van der Waals surface area contributed by atoms with Gasteiger partial charge in [0.2, 0.25) is 0 Å².